The van der Waals surface area contributed by atoms with Crippen LogP contribution < -0.4 is 5.32 Å². The second kappa shape index (κ2) is 8.03. The number of nitrogens with zero attached hydrogens (tertiary/aromatic N) is 1. The van der Waals surface area contributed by atoms with E-state index in [4.69, 9.17) is 4.74 Å². The largest absolute Gasteiger partial charge is 0.373 e. The summed E-state index contributed by atoms with van der Waals surface area (Å²) in [6.07, 6.45) is -0.303. The lowest BCUT2D eigenvalue weighted by atomic mass is 10.1. The molecule has 2 aromatic carbocycles. The van der Waals surface area contributed by atoms with Gasteiger partial charge in [0.15, 0.2) is 0 Å². The minimum atomic E-state index is -3.62. The van der Waals surface area contributed by atoms with E-state index < -0.39 is 10.0 Å². The van der Waals surface area contributed by atoms with Crippen LogP contribution in [0.3, 0.4) is 0 Å². The number of morpholine rings is 1. The number of rotatable bonds is 4. The molecular formula is C21H26N2O4S. The second-order valence-electron chi connectivity index (χ2n) is 7.36. The van der Waals surface area contributed by atoms with E-state index in [-0.39, 0.29) is 23.0 Å². The molecule has 1 fully saturated rings. The number of carbonyl (C=O) groups excluding carboxylic acids is 1. The highest BCUT2D eigenvalue weighted by molar-refractivity contribution is 7.89. The molecule has 3 rings (SSSR count). The molecule has 7 heteroatoms. The highest BCUT2D eigenvalue weighted by atomic mass is 32.2. The zero-order valence-electron chi connectivity index (χ0n) is 16.6. The van der Waals surface area contributed by atoms with Gasteiger partial charge in [0.25, 0.3) is 5.91 Å². The van der Waals surface area contributed by atoms with Gasteiger partial charge in [0.2, 0.25) is 10.0 Å². The lowest BCUT2D eigenvalue weighted by Crippen LogP contribution is -2.48. The number of hydrogen-bond acceptors (Lipinski definition) is 4. The zero-order valence-corrected chi connectivity index (χ0v) is 17.4. The van der Waals surface area contributed by atoms with E-state index in [2.05, 4.69) is 5.32 Å². The minimum Gasteiger partial charge on any atom is -0.373 e. The molecule has 0 saturated carbocycles. The molecule has 1 N–H and O–H groups in total. The van der Waals surface area contributed by atoms with Crippen molar-refractivity contribution >= 4 is 21.6 Å². The summed E-state index contributed by atoms with van der Waals surface area (Å²) in [5.74, 6) is -0.277. The molecule has 2 aromatic rings. The van der Waals surface area contributed by atoms with Crippen LogP contribution in [0, 0.1) is 13.8 Å². The first kappa shape index (κ1) is 20.5. The highest BCUT2D eigenvalue weighted by Gasteiger charge is 2.32. The molecule has 0 bridgehead atoms. The number of amides is 1. The fourth-order valence-electron chi connectivity index (χ4n) is 3.28. The number of carbonyl (C=O) groups is 1. The second-order valence-corrected chi connectivity index (χ2v) is 9.29. The van der Waals surface area contributed by atoms with E-state index in [1.54, 1.807) is 0 Å². The van der Waals surface area contributed by atoms with Crippen molar-refractivity contribution in [1.29, 1.82) is 0 Å². The average Bonchev–Trinajstić information content (AvgIpc) is 2.64. The van der Waals surface area contributed by atoms with Crippen molar-refractivity contribution in [3.05, 3.63) is 59.2 Å². The Morgan fingerprint density at radius 3 is 2.18 bits per heavy atom. The number of anilines is 1. The fourth-order valence-corrected chi connectivity index (χ4v) is 4.87. The molecule has 1 saturated heterocycles. The maximum atomic E-state index is 12.9. The van der Waals surface area contributed by atoms with Gasteiger partial charge in [-0.2, -0.15) is 4.31 Å². The van der Waals surface area contributed by atoms with Crippen LogP contribution in [0.5, 0.6) is 0 Å². The van der Waals surface area contributed by atoms with Gasteiger partial charge in [0, 0.05) is 24.3 Å². The first-order chi connectivity index (χ1) is 13.2. The van der Waals surface area contributed by atoms with Gasteiger partial charge in [-0.15, -0.1) is 0 Å². The Bertz CT molecular complexity index is 960. The lowest BCUT2D eigenvalue weighted by molar-refractivity contribution is -0.0440. The lowest BCUT2D eigenvalue weighted by Gasteiger charge is -2.34. The number of sulfonamides is 1. The molecule has 1 heterocycles. The molecule has 0 spiro atoms. The van der Waals surface area contributed by atoms with E-state index in [1.165, 1.54) is 28.6 Å². The topological polar surface area (TPSA) is 75.7 Å². The SMILES string of the molecule is Cc1ccc(NC(=O)c2ccc(S(=O)(=O)N3C[C@H](C)O[C@@H](C)C3)cc2)cc1C. The molecule has 150 valence electrons. The Balaban J connectivity index is 1.75. The summed E-state index contributed by atoms with van der Waals surface area (Å²) < 4.78 is 32.8. The van der Waals surface area contributed by atoms with Gasteiger partial charge in [-0.05, 0) is 75.2 Å². The standard InChI is InChI=1S/C21H26N2O4S/c1-14-5-8-19(11-15(14)2)22-21(24)18-6-9-20(10-7-18)28(25,26)23-12-16(3)27-17(4)13-23/h5-11,16-17H,12-13H2,1-4H3,(H,22,24)/t16-,17-/m0/s1. The number of aryl methyl sites for hydroxylation is 2. The molecule has 0 radical (unpaired) electrons. The third-order valence-electron chi connectivity index (χ3n) is 4.91. The molecule has 1 aliphatic heterocycles. The molecule has 1 aliphatic rings. The summed E-state index contributed by atoms with van der Waals surface area (Å²) in [6, 6.07) is 11.7. The Hall–Kier alpha value is -2.22. The van der Waals surface area contributed by atoms with E-state index in [0.29, 0.717) is 24.3 Å². The predicted molar refractivity (Wildman–Crippen MR) is 109 cm³/mol. The zero-order chi connectivity index (χ0) is 20.5. The summed E-state index contributed by atoms with van der Waals surface area (Å²) in [7, 11) is -3.62. The first-order valence-electron chi connectivity index (χ1n) is 9.31. The van der Waals surface area contributed by atoms with Crippen molar-refractivity contribution in [1.82, 2.24) is 4.31 Å². The van der Waals surface area contributed by atoms with Crippen LogP contribution in [0.4, 0.5) is 5.69 Å². The van der Waals surface area contributed by atoms with Crippen LogP contribution in [-0.4, -0.2) is 43.9 Å². The van der Waals surface area contributed by atoms with Crippen molar-refractivity contribution in [2.75, 3.05) is 18.4 Å². The van der Waals surface area contributed by atoms with Crippen LogP contribution in [0.1, 0.15) is 35.3 Å². The van der Waals surface area contributed by atoms with Crippen molar-refractivity contribution in [3.8, 4) is 0 Å². The van der Waals surface area contributed by atoms with Crippen molar-refractivity contribution in [2.45, 2.75) is 44.8 Å². The Morgan fingerprint density at radius 2 is 1.61 bits per heavy atom. The molecular weight excluding hydrogens is 376 g/mol. The monoisotopic (exact) mass is 402 g/mol. The van der Waals surface area contributed by atoms with Gasteiger partial charge in [-0.25, -0.2) is 8.42 Å². The summed E-state index contributed by atoms with van der Waals surface area (Å²) in [4.78, 5) is 12.6. The molecule has 2 atom stereocenters. The molecule has 6 nitrogen and oxygen atoms in total. The molecule has 0 aliphatic carbocycles. The van der Waals surface area contributed by atoms with Crippen molar-refractivity contribution < 1.29 is 17.9 Å². The quantitative estimate of drug-likeness (QED) is 0.851. The van der Waals surface area contributed by atoms with Crippen LogP contribution >= 0.6 is 0 Å². The van der Waals surface area contributed by atoms with E-state index >= 15 is 0 Å². The molecule has 28 heavy (non-hydrogen) atoms. The van der Waals surface area contributed by atoms with Crippen LogP contribution in [-0.2, 0) is 14.8 Å². The first-order valence-corrected chi connectivity index (χ1v) is 10.7. The van der Waals surface area contributed by atoms with Gasteiger partial charge < -0.3 is 10.1 Å². The Labute approximate surface area is 166 Å². The van der Waals surface area contributed by atoms with Gasteiger partial charge in [0.05, 0.1) is 17.1 Å². The van der Waals surface area contributed by atoms with Gasteiger partial charge >= 0.3 is 0 Å². The van der Waals surface area contributed by atoms with Crippen molar-refractivity contribution in [3.63, 3.8) is 0 Å². The van der Waals surface area contributed by atoms with E-state index in [9.17, 15) is 13.2 Å². The highest BCUT2D eigenvalue weighted by Crippen LogP contribution is 2.22. The van der Waals surface area contributed by atoms with E-state index in [1.807, 2.05) is 45.9 Å². The van der Waals surface area contributed by atoms with Crippen LogP contribution in [0.25, 0.3) is 0 Å². The molecule has 0 aromatic heterocycles. The summed E-state index contributed by atoms with van der Waals surface area (Å²) in [5, 5.41) is 2.84. The van der Waals surface area contributed by atoms with Gasteiger partial charge in [-0.3, -0.25) is 4.79 Å². The fraction of sp³-hybridized carbons (Fsp3) is 0.381. The van der Waals surface area contributed by atoms with Gasteiger partial charge in [-0.1, -0.05) is 6.07 Å². The maximum absolute atomic E-state index is 12.9. The van der Waals surface area contributed by atoms with Crippen LogP contribution in [0.2, 0.25) is 0 Å². The minimum absolute atomic E-state index is 0.151. The average molecular weight is 403 g/mol. The maximum Gasteiger partial charge on any atom is 0.255 e. The predicted octanol–water partition coefficient (Wildman–Crippen LogP) is 3.35. The number of ether oxygens (including phenoxy) is 1. The number of nitrogens with one attached hydrogen (secondary N) is 1. The van der Waals surface area contributed by atoms with Crippen LogP contribution in [0.15, 0.2) is 47.4 Å². The summed E-state index contributed by atoms with van der Waals surface area (Å²) in [6.45, 7) is 8.36. The Kier molecular flexibility index (Phi) is 5.88. The summed E-state index contributed by atoms with van der Waals surface area (Å²) >= 11 is 0. The molecule has 1 amide bonds. The summed E-state index contributed by atoms with van der Waals surface area (Å²) in [5.41, 5.74) is 3.36. The third kappa shape index (κ3) is 4.43. The van der Waals surface area contributed by atoms with E-state index in [0.717, 1.165) is 11.1 Å². The smallest absolute Gasteiger partial charge is 0.255 e. The number of benzene rings is 2. The molecule has 0 unspecified atom stereocenters. The van der Waals surface area contributed by atoms with Gasteiger partial charge in [0.1, 0.15) is 0 Å². The number of hydrogen-bond donors (Lipinski definition) is 1. The van der Waals surface area contributed by atoms with Crippen molar-refractivity contribution in [2.24, 2.45) is 0 Å². The Morgan fingerprint density at radius 1 is 1.00 bits per heavy atom. The third-order valence-corrected chi connectivity index (χ3v) is 6.75. The normalized spacial score (nSPS) is 20.7.